The molecule has 3 heteroatoms. The van der Waals surface area contributed by atoms with Gasteiger partial charge in [0.15, 0.2) is 0 Å². The van der Waals surface area contributed by atoms with E-state index < -0.39 is 25.4 Å². The SMILES string of the molecule is [2H]C(C)CC([2H])C(F)(F)F. The Morgan fingerprint density at radius 1 is 1.50 bits per heavy atom. The van der Waals surface area contributed by atoms with Crippen LogP contribution in [-0.4, -0.2) is 6.18 Å². The number of rotatable bonds is 2. The highest BCUT2D eigenvalue weighted by atomic mass is 19.4. The third kappa shape index (κ3) is 5.79. The minimum atomic E-state index is -4.46. The third-order valence-electron chi connectivity index (χ3n) is 0.585. The van der Waals surface area contributed by atoms with Crippen molar-refractivity contribution in [3.05, 3.63) is 0 Å². The zero-order chi connectivity index (χ0) is 8.36. The van der Waals surface area contributed by atoms with Gasteiger partial charge in [0.25, 0.3) is 0 Å². The Labute approximate surface area is 49.5 Å². The molecule has 0 aromatic carbocycles. The van der Waals surface area contributed by atoms with Gasteiger partial charge in [-0.3, -0.25) is 0 Å². The molecule has 0 radical (unpaired) electrons. The average molecular weight is 128 g/mol. The summed E-state index contributed by atoms with van der Waals surface area (Å²) in [7, 11) is 0. The lowest BCUT2D eigenvalue weighted by Crippen LogP contribution is -2.05. The van der Waals surface area contributed by atoms with E-state index in [1.807, 2.05) is 0 Å². The molecule has 0 heterocycles. The molecule has 2 unspecified atom stereocenters. The minimum Gasteiger partial charge on any atom is -0.171 e. The largest absolute Gasteiger partial charge is 0.389 e. The van der Waals surface area contributed by atoms with E-state index in [1.54, 1.807) is 0 Å². The van der Waals surface area contributed by atoms with Gasteiger partial charge in [0.05, 0.1) is 0 Å². The average Bonchev–Trinajstić information content (AvgIpc) is 1.60. The Kier molecular flexibility index (Phi) is 1.71. The van der Waals surface area contributed by atoms with Crippen molar-refractivity contribution >= 4 is 0 Å². The summed E-state index contributed by atoms with van der Waals surface area (Å²) in [6.45, 7) is 1.34. The van der Waals surface area contributed by atoms with Crippen LogP contribution in [0.5, 0.6) is 0 Å². The lowest BCUT2D eigenvalue weighted by atomic mass is 10.2. The molecule has 2 atom stereocenters. The molecule has 0 spiro atoms. The van der Waals surface area contributed by atoms with Crippen molar-refractivity contribution < 1.29 is 15.9 Å². The van der Waals surface area contributed by atoms with Gasteiger partial charge < -0.3 is 0 Å². The van der Waals surface area contributed by atoms with Crippen molar-refractivity contribution in [1.82, 2.24) is 0 Å². The lowest BCUT2D eigenvalue weighted by Gasteiger charge is -2.02. The molecule has 0 saturated heterocycles. The summed E-state index contributed by atoms with van der Waals surface area (Å²) >= 11 is 0. The normalized spacial score (nSPS) is 23.5. The van der Waals surface area contributed by atoms with Crippen LogP contribution in [0.4, 0.5) is 13.2 Å². The van der Waals surface area contributed by atoms with Gasteiger partial charge in [-0.1, -0.05) is 13.3 Å². The first-order chi connectivity index (χ1) is 4.34. The van der Waals surface area contributed by atoms with Crippen LogP contribution in [-0.2, 0) is 0 Å². The molecule has 8 heavy (non-hydrogen) atoms. The molecule has 0 saturated carbocycles. The van der Waals surface area contributed by atoms with E-state index >= 15 is 0 Å². The van der Waals surface area contributed by atoms with Gasteiger partial charge in [0, 0.05) is 9.14 Å². The highest BCUT2D eigenvalue weighted by Crippen LogP contribution is 2.21. The van der Waals surface area contributed by atoms with Crippen LogP contribution in [0.25, 0.3) is 0 Å². The van der Waals surface area contributed by atoms with Crippen LogP contribution in [0.3, 0.4) is 0 Å². The fraction of sp³-hybridized carbons (Fsp3) is 1.00. The standard InChI is InChI=1S/C5H9F3/c1-2-3-4-5(6,7)8/h2-4H2,1H3/i2D,4D. The second kappa shape index (κ2) is 2.95. The molecule has 0 N–H and O–H groups in total. The second-order valence-corrected chi connectivity index (χ2v) is 1.39. The van der Waals surface area contributed by atoms with Crippen molar-refractivity contribution in [3.63, 3.8) is 0 Å². The second-order valence-electron chi connectivity index (χ2n) is 1.39. The summed E-state index contributed by atoms with van der Waals surface area (Å²) in [6.07, 6.45) is -7.82. The monoisotopic (exact) mass is 128 g/mol. The van der Waals surface area contributed by atoms with Crippen molar-refractivity contribution in [3.8, 4) is 0 Å². The zero-order valence-electron chi connectivity index (χ0n) is 6.50. The van der Waals surface area contributed by atoms with Crippen LogP contribution >= 0.6 is 0 Å². The van der Waals surface area contributed by atoms with Gasteiger partial charge in [-0.05, 0) is 6.42 Å². The van der Waals surface area contributed by atoms with Crippen LogP contribution in [0.1, 0.15) is 28.9 Å². The molecule has 0 aliphatic heterocycles. The van der Waals surface area contributed by atoms with Crippen LogP contribution in [0.2, 0.25) is 0 Å². The van der Waals surface area contributed by atoms with Crippen molar-refractivity contribution in [1.29, 1.82) is 0 Å². The number of hydrogen-bond acceptors (Lipinski definition) is 0. The van der Waals surface area contributed by atoms with Gasteiger partial charge in [0.2, 0.25) is 0 Å². The maximum Gasteiger partial charge on any atom is 0.389 e. The van der Waals surface area contributed by atoms with Gasteiger partial charge in [-0.25, -0.2) is 0 Å². The fourth-order valence-electron chi connectivity index (χ4n) is 0.251. The summed E-state index contributed by atoms with van der Waals surface area (Å²) in [6, 6.07) is 0. The van der Waals surface area contributed by atoms with E-state index in [0.29, 0.717) is 0 Å². The molecule has 0 aromatic rings. The highest BCUT2D eigenvalue weighted by molar-refractivity contribution is 4.47. The van der Waals surface area contributed by atoms with Crippen LogP contribution in [0, 0.1) is 0 Å². The molecule has 0 bridgehead atoms. The van der Waals surface area contributed by atoms with Gasteiger partial charge in [0.1, 0.15) is 0 Å². The molecule has 0 fully saturated rings. The highest BCUT2D eigenvalue weighted by Gasteiger charge is 2.25. The molecule has 0 aliphatic rings. The first kappa shape index (κ1) is 4.65. The predicted octanol–water partition coefficient (Wildman–Crippen LogP) is 2.74. The van der Waals surface area contributed by atoms with E-state index in [1.165, 1.54) is 6.92 Å². The van der Waals surface area contributed by atoms with Gasteiger partial charge >= 0.3 is 6.18 Å². The maximum atomic E-state index is 11.5. The van der Waals surface area contributed by atoms with E-state index in [2.05, 4.69) is 0 Å². The van der Waals surface area contributed by atoms with E-state index in [9.17, 15) is 13.2 Å². The van der Waals surface area contributed by atoms with E-state index in [0.717, 1.165) is 0 Å². The topological polar surface area (TPSA) is 0 Å². The van der Waals surface area contributed by atoms with Gasteiger partial charge in [-0.2, -0.15) is 13.2 Å². The van der Waals surface area contributed by atoms with E-state index in [4.69, 9.17) is 2.74 Å². The Morgan fingerprint density at radius 2 is 2.00 bits per heavy atom. The molecule has 0 aromatic heterocycles. The molecule has 0 rings (SSSR count). The Hall–Kier alpha value is -0.210. The van der Waals surface area contributed by atoms with E-state index in [-0.39, 0.29) is 0 Å². The predicted molar refractivity (Wildman–Crippen MR) is 25.6 cm³/mol. The van der Waals surface area contributed by atoms with Crippen molar-refractivity contribution in [2.24, 2.45) is 0 Å². The van der Waals surface area contributed by atoms with Crippen molar-refractivity contribution in [2.45, 2.75) is 32.3 Å². The van der Waals surface area contributed by atoms with Gasteiger partial charge in [-0.15, -0.1) is 0 Å². The fourth-order valence-corrected chi connectivity index (χ4v) is 0.251. The molecule has 0 aliphatic carbocycles. The number of hydrogen-bond donors (Lipinski definition) is 0. The Bertz CT molecular complexity index is 99.6. The minimum absolute atomic E-state index is 0.441. The summed E-state index contributed by atoms with van der Waals surface area (Å²) in [5, 5.41) is 0. The third-order valence-corrected chi connectivity index (χ3v) is 0.585. The number of alkyl halides is 3. The number of halogens is 3. The van der Waals surface area contributed by atoms with Crippen molar-refractivity contribution in [2.75, 3.05) is 0 Å². The molecular formula is C5H9F3. The summed E-state index contributed by atoms with van der Waals surface area (Å²) in [5.74, 6) is 0. The quantitative estimate of drug-likeness (QED) is 0.536. The summed E-state index contributed by atoms with van der Waals surface area (Å²) in [5.41, 5.74) is 0. The molecule has 50 valence electrons. The van der Waals surface area contributed by atoms with Crippen LogP contribution in [0.15, 0.2) is 0 Å². The zero-order valence-corrected chi connectivity index (χ0v) is 4.50. The Balaban J connectivity index is 3.73. The Morgan fingerprint density at radius 3 is 2.12 bits per heavy atom. The molecule has 0 amide bonds. The summed E-state index contributed by atoms with van der Waals surface area (Å²) in [4.78, 5) is 0. The maximum absolute atomic E-state index is 11.5. The first-order valence-corrected chi connectivity index (χ1v) is 2.25. The first-order valence-electron chi connectivity index (χ1n) is 3.40. The molecule has 0 nitrogen and oxygen atoms in total. The van der Waals surface area contributed by atoms with Crippen LogP contribution < -0.4 is 0 Å². The smallest absolute Gasteiger partial charge is 0.171 e. The molecular weight excluding hydrogens is 117 g/mol. The lowest BCUT2D eigenvalue weighted by molar-refractivity contribution is -0.135. The summed E-state index contributed by atoms with van der Waals surface area (Å²) < 4.78 is 47.9.